The van der Waals surface area contributed by atoms with Crippen molar-refractivity contribution in [1.82, 2.24) is 10.6 Å². The van der Waals surface area contributed by atoms with Gasteiger partial charge in [0.1, 0.15) is 0 Å². The summed E-state index contributed by atoms with van der Waals surface area (Å²) in [5, 5.41) is 15.3. The Bertz CT molecular complexity index is 1310. The van der Waals surface area contributed by atoms with E-state index >= 15 is 0 Å². The van der Waals surface area contributed by atoms with Crippen molar-refractivity contribution in [3.05, 3.63) is 100 Å². The summed E-state index contributed by atoms with van der Waals surface area (Å²) in [6, 6.07) is 21.7. The topological polar surface area (TPSA) is 138 Å². The van der Waals surface area contributed by atoms with E-state index in [0.717, 1.165) is 5.56 Å². The molecule has 0 aromatic heterocycles. The minimum absolute atomic E-state index is 0.0735. The fourth-order valence-electron chi connectivity index (χ4n) is 3.18. The van der Waals surface area contributed by atoms with E-state index < -0.39 is 21.8 Å². The maximum atomic E-state index is 12.8. The third-order valence-corrected chi connectivity index (χ3v) is 6.73. The van der Waals surface area contributed by atoms with Crippen LogP contribution in [0.2, 0.25) is 10.0 Å². The number of amides is 1. The average Bonchev–Trinajstić information content (AvgIpc) is 2.83. The molecule has 11 heteroatoms. The lowest BCUT2D eigenvalue weighted by molar-refractivity contribution is -0.116. The molecule has 35 heavy (non-hydrogen) atoms. The number of nitrogens with one attached hydrogen (secondary N) is 3. The Hall–Kier alpha value is -3.40. The first kappa shape index (κ1) is 26.2. The number of hydrogen-bond acceptors (Lipinski definition) is 4. The number of primary amides is 1. The first-order chi connectivity index (χ1) is 16.7. The smallest absolute Gasteiger partial charge is 0.285 e. The number of hydrogen-bond donors (Lipinski definition) is 4. The highest BCUT2D eigenvalue weighted by molar-refractivity contribution is 7.90. The summed E-state index contributed by atoms with van der Waals surface area (Å²) >= 11 is 11.8. The van der Waals surface area contributed by atoms with Gasteiger partial charge >= 0.3 is 0 Å². The normalized spacial score (nSPS) is 12.6. The molecule has 0 aliphatic heterocycles. The highest BCUT2D eigenvalue weighted by Crippen LogP contribution is 2.22. The second kappa shape index (κ2) is 11.8. The summed E-state index contributed by atoms with van der Waals surface area (Å²) in [7, 11) is -4.13. The van der Waals surface area contributed by atoms with Crippen LogP contribution in [0, 0.1) is 5.41 Å². The van der Waals surface area contributed by atoms with E-state index in [-0.39, 0.29) is 29.7 Å². The van der Waals surface area contributed by atoms with Crippen molar-refractivity contribution in [1.29, 1.82) is 5.41 Å². The van der Waals surface area contributed by atoms with E-state index in [1.807, 2.05) is 30.3 Å². The van der Waals surface area contributed by atoms with E-state index in [0.29, 0.717) is 15.6 Å². The minimum Gasteiger partial charge on any atom is -0.368 e. The van der Waals surface area contributed by atoms with Crippen LogP contribution in [0.1, 0.15) is 17.0 Å². The zero-order valence-corrected chi connectivity index (χ0v) is 20.7. The van der Waals surface area contributed by atoms with Gasteiger partial charge in [-0.1, -0.05) is 65.7 Å². The largest absolute Gasteiger partial charge is 0.368 e. The Labute approximate surface area is 213 Å². The zero-order valence-electron chi connectivity index (χ0n) is 18.4. The number of halogens is 2. The van der Waals surface area contributed by atoms with Gasteiger partial charge in [-0.25, -0.2) is 0 Å². The van der Waals surface area contributed by atoms with Crippen molar-refractivity contribution in [3.8, 4) is 0 Å². The van der Waals surface area contributed by atoms with Gasteiger partial charge in [0.15, 0.2) is 0 Å². The molecule has 0 unspecified atom stereocenters. The Morgan fingerprint density at radius 3 is 2.06 bits per heavy atom. The van der Waals surface area contributed by atoms with Gasteiger partial charge in [0, 0.05) is 28.2 Å². The lowest BCUT2D eigenvalue weighted by Gasteiger charge is -2.21. The molecule has 182 valence electrons. The summed E-state index contributed by atoms with van der Waals surface area (Å²) in [4.78, 5) is 11.3. The SMILES string of the molecule is N=C(c1ccc(Cl)cc1)[C@@H](CN/C(=N\S(=O)(=O)c1ccc(Cl)cc1)NCC(N)=O)c1ccccc1. The number of benzene rings is 3. The van der Waals surface area contributed by atoms with Crippen molar-refractivity contribution in [3.63, 3.8) is 0 Å². The maximum Gasteiger partial charge on any atom is 0.285 e. The highest BCUT2D eigenvalue weighted by Gasteiger charge is 2.21. The van der Waals surface area contributed by atoms with Crippen molar-refractivity contribution in [2.24, 2.45) is 10.1 Å². The maximum absolute atomic E-state index is 12.8. The number of nitrogens with zero attached hydrogens (tertiary/aromatic N) is 1. The number of guanidine groups is 1. The van der Waals surface area contributed by atoms with E-state index in [9.17, 15) is 13.2 Å². The van der Waals surface area contributed by atoms with Gasteiger partial charge in [-0.15, -0.1) is 4.40 Å². The van der Waals surface area contributed by atoms with Crippen molar-refractivity contribution in [2.75, 3.05) is 13.1 Å². The van der Waals surface area contributed by atoms with Gasteiger partial charge in [0.05, 0.1) is 11.4 Å². The third kappa shape index (κ3) is 7.54. The van der Waals surface area contributed by atoms with Crippen LogP contribution in [-0.4, -0.2) is 39.1 Å². The number of sulfonamides is 1. The van der Waals surface area contributed by atoms with Crippen LogP contribution in [-0.2, 0) is 14.8 Å². The van der Waals surface area contributed by atoms with Gasteiger partial charge in [-0.05, 0) is 47.5 Å². The monoisotopic (exact) mass is 531 g/mol. The number of carbonyl (C=O) groups is 1. The number of nitrogens with two attached hydrogens (primary N) is 1. The molecular weight excluding hydrogens is 509 g/mol. The summed E-state index contributed by atoms with van der Waals surface area (Å²) in [6.45, 7) is -0.237. The molecular formula is C24H23Cl2N5O3S. The molecule has 0 saturated heterocycles. The Kier molecular flexibility index (Phi) is 8.86. The molecule has 5 N–H and O–H groups in total. The molecule has 0 aliphatic rings. The van der Waals surface area contributed by atoms with E-state index in [2.05, 4.69) is 15.0 Å². The van der Waals surface area contributed by atoms with Crippen molar-refractivity contribution in [2.45, 2.75) is 10.8 Å². The molecule has 0 spiro atoms. The van der Waals surface area contributed by atoms with Crippen LogP contribution in [0.3, 0.4) is 0 Å². The Balaban J connectivity index is 1.91. The molecule has 0 saturated carbocycles. The molecule has 0 radical (unpaired) electrons. The number of carbonyl (C=O) groups excluding carboxylic acids is 1. The van der Waals surface area contributed by atoms with Crippen LogP contribution < -0.4 is 16.4 Å². The summed E-state index contributed by atoms with van der Waals surface area (Å²) < 4.78 is 29.5. The van der Waals surface area contributed by atoms with Crippen LogP contribution in [0.25, 0.3) is 0 Å². The first-order valence-corrected chi connectivity index (χ1v) is 12.6. The molecule has 0 fully saturated rings. The Morgan fingerprint density at radius 1 is 0.914 bits per heavy atom. The molecule has 0 heterocycles. The predicted octanol–water partition coefficient (Wildman–Crippen LogP) is 3.55. The molecule has 3 aromatic rings. The number of rotatable bonds is 9. The van der Waals surface area contributed by atoms with E-state index in [1.54, 1.807) is 24.3 Å². The van der Waals surface area contributed by atoms with Crippen molar-refractivity contribution < 1.29 is 13.2 Å². The molecule has 3 aromatic carbocycles. The van der Waals surface area contributed by atoms with Crippen LogP contribution in [0.15, 0.2) is 88.2 Å². The van der Waals surface area contributed by atoms with E-state index in [1.165, 1.54) is 24.3 Å². The molecule has 8 nitrogen and oxygen atoms in total. The third-order valence-electron chi connectivity index (χ3n) is 4.93. The summed E-state index contributed by atoms with van der Waals surface area (Å²) in [6.07, 6.45) is 0. The summed E-state index contributed by atoms with van der Waals surface area (Å²) in [5.74, 6) is -1.35. The van der Waals surface area contributed by atoms with Crippen LogP contribution in [0.5, 0.6) is 0 Å². The van der Waals surface area contributed by atoms with Crippen LogP contribution in [0.4, 0.5) is 0 Å². The molecule has 3 rings (SSSR count). The summed E-state index contributed by atoms with van der Waals surface area (Å²) in [5.41, 5.74) is 6.99. The lowest BCUT2D eigenvalue weighted by Crippen LogP contribution is -2.44. The van der Waals surface area contributed by atoms with Crippen LogP contribution >= 0.6 is 23.2 Å². The van der Waals surface area contributed by atoms with Gasteiger partial charge in [0.2, 0.25) is 11.9 Å². The highest BCUT2D eigenvalue weighted by atomic mass is 35.5. The van der Waals surface area contributed by atoms with Crippen molar-refractivity contribution >= 4 is 50.8 Å². The molecule has 0 aliphatic carbocycles. The first-order valence-electron chi connectivity index (χ1n) is 10.4. The minimum atomic E-state index is -4.13. The van der Waals surface area contributed by atoms with E-state index in [4.69, 9.17) is 34.3 Å². The average molecular weight is 532 g/mol. The standard InChI is InChI=1S/C24H23Cl2N5O3S/c25-18-8-6-17(7-9-18)23(28)21(16-4-2-1-3-5-16)14-29-24(30-15-22(27)32)31-35(33,34)20-12-10-19(26)11-13-20/h1-13,21,28H,14-15H2,(H2,27,32)(H2,29,30,31)/t21-/m0/s1. The fourth-order valence-corrected chi connectivity index (χ4v) is 4.39. The van der Waals surface area contributed by atoms with Gasteiger partial charge in [-0.3, -0.25) is 4.79 Å². The van der Waals surface area contributed by atoms with Gasteiger partial charge in [0.25, 0.3) is 10.0 Å². The second-order valence-corrected chi connectivity index (χ2v) is 9.93. The quantitative estimate of drug-likeness (QED) is 0.247. The molecule has 0 bridgehead atoms. The molecule has 1 atom stereocenters. The molecule has 1 amide bonds. The van der Waals surface area contributed by atoms with Gasteiger partial charge in [-0.2, -0.15) is 8.42 Å². The van der Waals surface area contributed by atoms with Gasteiger partial charge < -0.3 is 21.8 Å². The lowest BCUT2D eigenvalue weighted by atomic mass is 9.90. The fraction of sp³-hybridized carbons (Fsp3) is 0.125. The second-order valence-electron chi connectivity index (χ2n) is 7.45. The Morgan fingerprint density at radius 2 is 1.49 bits per heavy atom. The predicted molar refractivity (Wildman–Crippen MR) is 139 cm³/mol. The zero-order chi connectivity index (χ0) is 25.4.